The molecule has 31 aromatic rings. The third kappa shape index (κ3) is 12.6. The first-order chi connectivity index (χ1) is 70.5. The highest BCUT2D eigenvalue weighted by atomic mass is 32.1. The van der Waals surface area contributed by atoms with Gasteiger partial charge in [-0.2, -0.15) is 0 Å². The molecule has 0 N–H and O–H groups in total. The fourth-order valence-corrected chi connectivity index (χ4v) is 25.4. The third-order valence-corrected chi connectivity index (χ3v) is 31.3. The molecular weight excluding hydrogens is 1800 g/mol. The van der Waals surface area contributed by atoms with E-state index in [1.54, 1.807) is 53.0 Å². The number of aromatic nitrogens is 15. The summed E-state index contributed by atoms with van der Waals surface area (Å²) < 4.78 is 16.7. The molecule has 18 aromatic carbocycles. The van der Waals surface area contributed by atoms with Crippen LogP contribution in [0.3, 0.4) is 0 Å². The maximum atomic E-state index is 5.51. The van der Waals surface area contributed by atoms with Gasteiger partial charge in [0.25, 0.3) is 0 Å². The van der Waals surface area contributed by atoms with Crippen LogP contribution >= 0.6 is 34.0 Å². The van der Waals surface area contributed by atoms with Gasteiger partial charge < -0.3 is 18.3 Å². The van der Waals surface area contributed by atoms with Crippen LogP contribution in [0.15, 0.2) is 444 Å². The zero-order valence-corrected chi connectivity index (χ0v) is 78.0. The lowest BCUT2D eigenvalue weighted by Crippen LogP contribution is -2.04. The molecule has 0 atom stereocenters. The van der Waals surface area contributed by atoms with Crippen molar-refractivity contribution in [2.75, 3.05) is 0 Å². The molecule has 0 aliphatic carbocycles. The molecule has 0 spiro atoms. The normalized spacial score (nSPS) is 11.9. The maximum absolute atomic E-state index is 5.51. The molecule has 15 nitrogen and oxygen atoms in total. The number of fused-ring (bicyclic) bond motifs is 33. The molecule has 0 saturated heterocycles. The molecule has 31 rings (SSSR count). The number of nitrogens with zero attached hydrogens (tertiary/aromatic N) is 15. The van der Waals surface area contributed by atoms with Gasteiger partial charge in [0.15, 0.2) is 5.82 Å². The first kappa shape index (κ1) is 80.8. The summed E-state index contributed by atoms with van der Waals surface area (Å²) in [6.07, 6.45) is 10.8. The van der Waals surface area contributed by atoms with E-state index in [1.165, 1.54) is 107 Å². The van der Waals surface area contributed by atoms with E-state index in [2.05, 4.69) is 425 Å². The fraction of sp³-hybridized carbons (Fsp3) is 0. The summed E-state index contributed by atoms with van der Waals surface area (Å²) >= 11 is 5.24. The number of hydrogen-bond donors (Lipinski definition) is 0. The second-order valence-electron chi connectivity index (χ2n) is 35.7. The quantitative estimate of drug-likeness (QED) is 0.129. The summed E-state index contributed by atoms with van der Waals surface area (Å²) in [5.74, 6) is 1.31. The number of benzene rings is 18. The Bertz CT molecular complexity index is 10600. The van der Waals surface area contributed by atoms with Crippen molar-refractivity contribution < 1.29 is 0 Å². The average Bonchev–Trinajstić information content (AvgIpc) is 1.51. The topological polar surface area (TPSA) is 154 Å². The van der Waals surface area contributed by atoms with Gasteiger partial charge in [0.05, 0.1) is 92.5 Å². The molecule has 142 heavy (non-hydrogen) atoms. The standard InChI is InChI=1S/2C48H28N6S.C28H17N3S/c1-3-13-29(14-4-1)30-23-25-31(26-24-30)43-33-17-7-10-20-37(33)51-48(52-43)54-39-22-12-8-18-34(39)40-44-41(46-42(45(40)54)36-27-49-28-50-47(36)55-46)35-19-9-11-21-38(35)53(44)32-15-5-2-6-16-32;1-3-13-29(14-4-1)43-33-17-7-10-20-37(33)51-47(52-43)30-23-25-32(26-24-30)54-38-21-11-8-18-34(38)40-44-41(46-42(45(40)54)36-27-49-28-50-48(36)55-46)35-19-9-12-22-39(35)53(44)31-15-5-2-6-16-31;1-2-6-18(7-3-1)19-10-12-20(13-11-19)31-24-9-5-4-8-21(24)22-14-15-23-26-25(16-29-17-30-26)32-28(23)27(22)31/h2*1-28H;1-17H. The number of rotatable bonds is 10. The van der Waals surface area contributed by atoms with Crippen LogP contribution in [0, 0.1) is 0 Å². The van der Waals surface area contributed by atoms with E-state index in [1.807, 2.05) is 42.9 Å². The Balaban J connectivity index is 0.000000106. The van der Waals surface area contributed by atoms with Crippen LogP contribution in [0.25, 0.3) is 277 Å². The summed E-state index contributed by atoms with van der Waals surface area (Å²) in [4.78, 5) is 50.6. The largest absolute Gasteiger partial charge is 0.308 e. The van der Waals surface area contributed by atoms with Crippen molar-refractivity contribution in [3.63, 3.8) is 0 Å². The summed E-state index contributed by atoms with van der Waals surface area (Å²) in [7, 11) is 0. The van der Waals surface area contributed by atoms with Gasteiger partial charge in [-0.3, -0.25) is 4.57 Å². The second kappa shape index (κ2) is 32.6. The summed E-state index contributed by atoms with van der Waals surface area (Å²) in [5, 5.41) is 19.7. The van der Waals surface area contributed by atoms with E-state index in [4.69, 9.17) is 29.9 Å². The average molecular weight is 1870 g/mol. The highest BCUT2D eigenvalue weighted by Crippen LogP contribution is 2.55. The SMILES string of the molecule is c1ccc(-c2ccc(-c3nc(-n4c5ccccc5c5c6c(c7ccccc7n6-c6ccccc6)c6sc7ncncc7c6c54)nc4ccccc34)cc2)cc1.c1ccc(-c2ccc(-n3c4ccccc4c4ccc5c6ncncc6sc5c43)cc2)cc1.c1ccc(-c2nc(-c3ccc(-n4c5ccccc5c5c6c(c7ccccc7n6-c6ccccc6)c6sc7ncncc7c6c54)cc3)nc3ccccc23)cc1. The Labute approximate surface area is 821 Å². The molecule has 13 aromatic heterocycles. The highest BCUT2D eigenvalue weighted by Gasteiger charge is 2.32. The van der Waals surface area contributed by atoms with E-state index in [0.717, 1.165) is 158 Å². The Morgan fingerprint density at radius 3 is 1.04 bits per heavy atom. The Hall–Kier alpha value is -18.5. The van der Waals surface area contributed by atoms with Crippen molar-refractivity contribution in [3.05, 3.63) is 444 Å². The minimum absolute atomic E-state index is 0.617. The van der Waals surface area contributed by atoms with Crippen molar-refractivity contribution in [3.8, 4) is 84.9 Å². The Kier molecular flexibility index (Phi) is 18.6. The van der Waals surface area contributed by atoms with Gasteiger partial charge >= 0.3 is 0 Å². The molecule has 18 heteroatoms. The van der Waals surface area contributed by atoms with Gasteiger partial charge in [-0.1, -0.05) is 303 Å². The van der Waals surface area contributed by atoms with Gasteiger partial charge in [0, 0.05) is 159 Å². The van der Waals surface area contributed by atoms with Crippen molar-refractivity contribution in [2.45, 2.75) is 0 Å². The smallest absolute Gasteiger partial charge is 0.235 e. The van der Waals surface area contributed by atoms with Crippen LogP contribution in [-0.2, 0) is 0 Å². The molecule has 0 amide bonds. The maximum Gasteiger partial charge on any atom is 0.235 e. The lowest BCUT2D eigenvalue weighted by atomic mass is 10.0. The molecule has 0 aliphatic rings. The molecule has 0 saturated carbocycles. The Morgan fingerprint density at radius 2 is 0.535 bits per heavy atom. The fourth-order valence-electron chi connectivity index (χ4n) is 21.9. The molecule has 662 valence electrons. The zero-order valence-electron chi connectivity index (χ0n) is 75.6. The molecular formula is C124H73N15S3. The van der Waals surface area contributed by atoms with Crippen LogP contribution in [0.4, 0.5) is 0 Å². The van der Waals surface area contributed by atoms with Gasteiger partial charge in [-0.05, 0) is 125 Å². The van der Waals surface area contributed by atoms with Crippen LogP contribution < -0.4 is 0 Å². The molecule has 0 aliphatic heterocycles. The lowest BCUT2D eigenvalue weighted by Gasteiger charge is -2.13. The van der Waals surface area contributed by atoms with E-state index in [9.17, 15) is 0 Å². The summed E-state index contributed by atoms with van der Waals surface area (Å²) in [5.41, 5.74) is 28.4. The number of thiophene rings is 3. The first-order valence-corrected chi connectivity index (χ1v) is 49.6. The van der Waals surface area contributed by atoms with E-state index >= 15 is 0 Å². The van der Waals surface area contributed by atoms with Gasteiger partial charge in [-0.15, -0.1) is 34.0 Å². The molecule has 0 radical (unpaired) electrons. The second-order valence-corrected chi connectivity index (χ2v) is 38.7. The minimum Gasteiger partial charge on any atom is -0.308 e. The minimum atomic E-state index is 0.617. The zero-order chi connectivity index (χ0) is 93.1. The predicted molar refractivity (Wildman–Crippen MR) is 590 cm³/mol. The van der Waals surface area contributed by atoms with Crippen molar-refractivity contribution in [1.29, 1.82) is 0 Å². The van der Waals surface area contributed by atoms with E-state index < -0.39 is 0 Å². The molecule has 13 heterocycles. The highest BCUT2D eigenvalue weighted by molar-refractivity contribution is 7.27. The molecule has 0 unspecified atom stereocenters. The molecule has 0 bridgehead atoms. The van der Waals surface area contributed by atoms with Crippen LogP contribution in [-0.4, -0.2) is 72.7 Å². The summed E-state index contributed by atoms with van der Waals surface area (Å²) in [6.45, 7) is 0. The van der Waals surface area contributed by atoms with Crippen molar-refractivity contribution in [2.24, 2.45) is 0 Å². The molecule has 0 fully saturated rings. The van der Waals surface area contributed by atoms with Crippen molar-refractivity contribution >= 4 is 226 Å². The monoisotopic (exact) mass is 1870 g/mol. The first-order valence-electron chi connectivity index (χ1n) is 47.2. The van der Waals surface area contributed by atoms with E-state index in [-0.39, 0.29) is 0 Å². The summed E-state index contributed by atoms with van der Waals surface area (Å²) in [6, 6.07) is 144. The van der Waals surface area contributed by atoms with Crippen LogP contribution in [0.1, 0.15) is 0 Å². The number of para-hydroxylation sites is 9. The van der Waals surface area contributed by atoms with Gasteiger partial charge in [0.2, 0.25) is 5.95 Å². The van der Waals surface area contributed by atoms with Gasteiger partial charge in [0.1, 0.15) is 28.6 Å². The van der Waals surface area contributed by atoms with Gasteiger partial charge in [-0.25, -0.2) is 49.8 Å². The third-order valence-electron chi connectivity index (χ3n) is 27.9. The Morgan fingerprint density at radius 1 is 0.197 bits per heavy atom. The predicted octanol–water partition coefficient (Wildman–Crippen LogP) is 32.2. The van der Waals surface area contributed by atoms with Crippen LogP contribution in [0.2, 0.25) is 0 Å². The van der Waals surface area contributed by atoms with Crippen molar-refractivity contribution in [1.82, 2.24) is 72.7 Å². The van der Waals surface area contributed by atoms with Crippen LogP contribution in [0.5, 0.6) is 0 Å². The van der Waals surface area contributed by atoms with E-state index in [0.29, 0.717) is 11.8 Å². The number of hydrogen-bond acceptors (Lipinski definition) is 13. The lowest BCUT2D eigenvalue weighted by molar-refractivity contribution is 1.02.